The summed E-state index contributed by atoms with van der Waals surface area (Å²) in [4.78, 5) is 16.1. The number of pyridine rings is 1. The van der Waals surface area contributed by atoms with E-state index in [0.717, 1.165) is 34.1 Å². The number of halogens is 1. The molecule has 0 aliphatic heterocycles. The van der Waals surface area contributed by atoms with Gasteiger partial charge in [-0.05, 0) is 65.6 Å². The second kappa shape index (κ2) is 5.40. The predicted molar refractivity (Wildman–Crippen MR) is 84.0 cm³/mol. The van der Waals surface area contributed by atoms with Gasteiger partial charge in [-0.25, -0.2) is 4.98 Å². The topological polar surface area (TPSA) is 65.2 Å². The van der Waals surface area contributed by atoms with Crippen LogP contribution >= 0.6 is 22.6 Å². The van der Waals surface area contributed by atoms with E-state index in [1.54, 1.807) is 0 Å². The van der Waals surface area contributed by atoms with E-state index in [9.17, 15) is 4.79 Å². The normalized spacial score (nSPS) is 13.1. The third-order valence-corrected chi connectivity index (χ3v) is 4.22. The van der Waals surface area contributed by atoms with Crippen molar-refractivity contribution < 1.29 is 9.53 Å². The highest BCUT2D eigenvalue weighted by Gasteiger charge is 2.20. The van der Waals surface area contributed by atoms with Crippen LogP contribution in [0.5, 0.6) is 11.6 Å². The van der Waals surface area contributed by atoms with E-state index in [0.29, 0.717) is 17.2 Å². The van der Waals surface area contributed by atoms with Crippen LogP contribution in [0.4, 0.5) is 0 Å². The molecule has 1 amide bonds. The summed E-state index contributed by atoms with van der Waals surface area (Å²) >= 11 is 2.18. The molecule has 1 aliphatic carbocycles. The molecule has 1 heterocycles. The molecule has 0 saturated carbocycles. The minimum Gasteiger partial charge on any atom is -0.437 e. The zero-order valence-electron chi connectivity index (χ0n) is 10.7. The van der Waals surface area contributed by atoms with E-state index in [2.05, 4.69) is 27.6 Å². The number of aryl methyl sites for hydroxylation is 2. The predicted octanol–water partition coefficient (Wildman–Crippen LogP) is 3.07. The number of carbonyl (C=O) groups is 1. The van der Waals surface area contributed by atoms with E-state index in [1.807, 2.05) is 30.3 Å². The number of fused-ring (bicyclic) bond motifs is 1. The number of benzene rings is 1. The van der Waals surface area contributed by atoms with Crippen molar-refractivity contribution in [1.29, 1.82) is 0 Å². The second-order valence-corrected chi connectivity index (χ2v) is 5.86. The third-order valence-electron chi connectivity index (χ3n) is 3.32. The highest BCUT2D eigenvalue weighted by Crippen LogP contribution is 2.31. The molecular weight excluding hydrogens is 367 g/mol. The minimum atomic E-state index is -0.506. The van der Waals surface area contributed by atoms with Crippen molar-refractivity contribution in [3.63, 3.8) is 0 Å². The average Bonchev–Trinajstić information content (AvgIpc) is 2.87. The number of para-hydroxylation sites is 1. The fourth-order valence-electron chi connectivity index (χ4n) is 2.34. The molecule has 1 aromatic heterocycles. The van der Waals surface area contributed by atoms with Gasteiger partial charge in [-0.2, -0.15) is 0 Å². The Labute approximate surface area is 130 Å². The molecule has 20 heavy (non-hydrogen) atoms. The van der Waals surface area contributed by atoms with Crippen molar-refractivity contribution in [2.75, 3.05) is 0 Å². The lowest BCUT2D eigenvalue weighted by Gasteiger charge is -2.11. The van der Waals surface area contributed by atoms with Crippen molar-refractivity contribution in [3.05, 3.63) is 50.7 Å². The summed E-state index contributed by atoms with van der Waals surface area (Å²) in [7, 11) is 0. The standard InChI is InChI=1S/C15H13IN2O2/c16-11-5-1-2-7-13(11)20-15-10(14(17)19)8-9-4-3-6-12(9)18-15/h1-2,5,7-8H,3-4,6H2,(H2,17,19). The number of ether oxygens (including phenoxy) is 1. The monoisotopic (exact) mass is 380 g/mol. The SMILES string of the molecule is NC(=O)c1cc2c(nc1Oc1ccccc1I)CCC2. The maximum atomic E-state index is 11.6. The summed E-state index contributed by atoms with van der Waals surface area (Å²) < 4.78 is 6.77. The molecule has 5 heteroatoms. The molecule has 2 aromatic rings. The summed E-state index contributed by atoms with van der Waals surface area (Å²) in [6, 6.07) is 9.42. The second-order valence-electron chi connectivity index (χ2n) is 4.70. The van der Waals surface area contributed by atoms with Crippen LogP contribution in [0.2, 0.25) is 0 Å². The lowest BCUT2D eigenvalue weighted by atomic mass is 10.1. The molecule has 0 saturated heterocycles. The van der Waals surface area contributed by atoms with Gasteiger partial charge in [0, 0.05) is 5.69 Å². The lowest BCUT2D eigenvalue weighted by molar-refractivity contribution is 0.0997. The van der Waals surface area contributed by atoms with E-state index in [1.165, 1.54) is 0 Å². The molecule has 2 N–H and O–H groups in total. The van der Waals surface area contributed by atoms with Gasteiger partial charge in [-0.3, -0.25) is 4.79 Å². The molecular formula is C15H13IN2O2. The van der Waals surface area contributed by atoms with Gasteiger partial charge >= 0.3 is 0 Å². The number of nitrogens with zero attached hydrogens (tertiary/aromatic N) is 1. The molecule has 3 rings (SSSR count). The van der Waals surface area contributed by atoms with Crippen molar-refractivity contribution in [1.82, 2.24) is 4.98 Å². The molecule has 0 bridgehead atoms. The Bertz CT molecular complexity index is 686. The summed E-state index contributed by atoms with van der Waals surface area (Å²) in [6.07, 6.45) is 2.94. The molecule has 0 unspecified atom stereocenters. The maximum absolute atomic E-state index is 11.6. The van der Waals surface area contributed by atoms with E-state index in [-0.39, 0.29) is 0 Å². The fourth-order valence-corrected chi connectivity index (χ4v) is 2.84. The van der Waals surface area contributed by atoms with Crippen LogP contribution in [0.15, 0.2) is 30.3 Å². The number of nitrogens with two attached hydrogens (primary N) is 1. The summed E-state index contributed by atoms with van der Waals surface area (Å²) in [5.74, 6) is 0.483. The van der Waals surface area contributed by atoms with E-state index >= 15 is 0 Å². The highest BCUT2D eigenvalue weighted by atomic mass is 127. The summed E-state index contributed by atoms with van der Waals surface area (Å²) in [5.41, 5.74) is 7.91. The van der Waals surface area contributed by atoms with Crippen molar-refractivity contribution in [3.8, 4) is 11.6 Å². The zero-order chi connectivity index (χ0) is 14.1. The summed E-state index contributed by atoms with van der Waals surface area (Å²) in [6.45, 7) is 0. The Morgan fingerprint density at radius 3 is 2.85 bits per heavy atom. The Morgan fingerprint density at radius 1 is 1.30 bits per heavy atom. The van der Waals surface area contributed by atoms with Gasteiger partial charge in [0.25, 0.3) is 5.91 Å². The first-order valence-electron chi connectivity index (χ1n) is 6.40. The smallest absolute Gasteiger partial charge is 0.254 e. The number of rotatable bonds is 3. The van der Waals surface area contributed by atoms with Gasteiger partial charge in [0.15, 0.2) is 0 Å². The molecule has 0 fully saturated rings. The van der Waals surface area contributed by atoms with Gasteiger partial charge in [0.1, 0.15) is 11.3 Å². The van der Waals surface area contributed by atoms with Crippen LogP contribution in [-0.4, -0.2) is 10.9 Å². The van der Waals surface area contributed by atoms with Crippen LogP contribution in [0.3, 0.4) is 0 Å². The van der Waals surface area contributed by atoms with Crippen LogP contribution < -0.4 is 10.5 Å². The molecule has 0 radical (unpaired) electrons. The number of aromatic nitrogens is 1. The van der Waals surface area contributed by atoms with Gasteiger partial charge in [-0.15, -0.1) is 0 Å². The van der Waals surface area contributed by atoms with Crippen molar-refractivity contribution in [2.24, 2.45) is 5.73 Å². The van der Waals surface area contributed by atoms with E-state index in [4.69, 9.17) is 10.5 Å². The van der Waals surface area contributed by atoms with Gasteiger partial charge < -0.3 is 10.5 Å². The highest BCUT2D eigenvalue weighted by molar-refractivity contribution is 14.1. The van der Waals surface area contributed by atoms with E-state index < -0.39 is 5.91 Å². The Balaban J connectivity index is 2.04. The molecule has 1 aromatic carbocycles. The van der Waals surface area contributed by atoms with Gasteiger partial charge in [0.2, 0.25) is 5.88 Å². The van der Waals surface area contributed by atoms with Crippen molar-refractivity contribution in [2.45, 2.75) is 19.3 Å². The molecule has 0 spiro atoms. The Morgan fingerprint density at radius 2 is 2.10 bits per heavy atom. The first kappa shape index (κ1) is 13.4. The fraction of sp³-hybridized carbons (Fsp3) is 0.200. The summed E-state index contributed by atoms with van der Waals surface area (Å²) in [5, 5.41) is 0. The van der Waals surface area contributed by atoms with Crippen LogP contribution in [0.25, 0.3) is 0 Å². The first-order valence-corrected chi connectivity index (χ1v) is 7.48. The lowest BCUT2D eigenvalue weighted by Crippen LogP contribution is -2.14. The van der Waals surface area contributed by atoms with Gasteiger partial charge in [-0.1, -0.05) is 12.1 Å². The van der Waals surface area contributed by atoms with Crippen molar-refractivity contribution >= 4 is 28.5 Å². The van der Waals surface area contributed by atoms with Gasteiger partial charge in [0.05, 0.1) is 3.57 Å². The van der Waals surface area contributed by atoms with Crippen LogP contribution in [0.1, 0.15) is 28.0 Å². The number of primary amides is 1. The van der Waals surface area contributed by atoms with Crippen LogP contribution in [0, 0.1) is 3.57 Å². The molecule has 4 nitrogen and oxygen atoms in total. The number of hydrogen-bond acceptors (Lipinski definition) is 3. The molecule has 0 atom stereocenters. The quantitative estimate of drug-likeness (QED) is 0.833. The molecule has 1 aliphatic rings. The number of carbonyl (C=O) groups excluding carboxylic acids is 1. The minimum absolute atomic E-state index is 0.308. The number of amides is 1. The zero-order valence-corrected chi connectivity index (χ0v) is 12.9. The average molecular weight is 380 g/mol. The number of hydrogen-bond donors (Lipinski definition) is 1. The molecule has 102 valence electrons. The third kappa shape index (κ3) is 2.49. The van der Waals surface area contributed by atoms with Crippen LogP contribution in [-0.2, 0) is 12.8 Å². The Kier molecular flexibility index (Phi) is 3.60. The first-order chi connectivity index (χ1) is 9.65. The Hall–Kier alpha value is -1.63. The largest absolute Gasteiger partial charge is 0.437 e. The maximum Gasteiger partial charge on any atom is 0.254 e.